The van der Waals surface area contributed by atoms with Crippen LogP contribution in [0, 0.1) is 0 Å². The molecule has 1 saturated heterocycles. The molecule has 0 radical (unpaired) electrons. The summed E-state index contributed by atoms with van der Waals surface area (Å²) >= 11 is 5.41. The number of piperazine rings is 1. The van der Waals surface area contributed by atoms with Crippen LogP contribution in [-0.2, 0) is 19.6 Å². The molecular formula is C18H27N3O4S2. The van der Waals surface area contributed by atoms with Gasteiger partial charge in [0.25, 0.3) is 0 Å². The zero-order chi connectivity index (χ0) is 19.7. The minimum Gasteiger partial charge on any atom is -0.469 e. The number of ether oxygens (including phenoxy) is 1. The number of nitrogens with one attached hydrogen (secondary N) is 1. The summed E-state index contributed by atoms with van der Waals surface area (Å²) in [5.41, 5.74) is 0. The van der Waals surface area contributed by atoms with Crippen LogP contribution in [0.4, 0.5) is 0 Å². The standard InChI is InChI=1S/C18H27N3O4S2/c1-25-17(22)10-6-3-7-11-19-18(26)20-12-14-21(15-13-20)27(23,24)16-8-4-2-5-9-16/h2,4-5,8-9H,3,6-7,10-15H2,1H3,(H,19,26). The van der Waals surface area contributed by atoms with E-state index in [1.807, 2.05) is 4.90 Å². The van der Waals surface area contributed by atoms with Gasteiger partial charge in [-0.25, -0.2) is 8.42 Å². The Kier molecular flexibility index (Phi) is 8.46. The molecule has 0 saturated carbocycles. The van der Waals surface area contributed by atoms with E-state index >= 15 is 0 Å². The Morgan fingerprint density at radius 2 is 1.78 bits per heavy atom. The molecule has 150 valence electrons. The Morgan fingerprint density at radius 3 is 2.41 bits per heavy atom. The van der Waals surface area contributed by atoms with Gasteiger partial charge in [0.05, 0.1) is 12.0 Å². The topological polar surface area (TPSA) is 79.0 Å². The van der Waals surface area contributed by atoms with Crippen LogP contribution in [0.2, 0.25) is 0 Å². The van der Waals surface area contributed by atoms with Crippen molar-refractivity contribution in [1.82, 2.24) is 14.5 Å². The molecule has 1 heterocycles. The van der Waals surface area contributed by atoms with E-state index in [4.69, 9.17) is 12.2 Å². The second kappa shape index (κ2) is 10.6. The van der Waals surface area contributed by atoms with Gasteiger partial charge in [-0.2, -0.15) is 4.31 Å². The number of nitrogens with zero attached hydrogens (tertiary/aromatic N) is 2. The summed E-state index contributed by atoms with van der Waals surface area (Å²) < 4.78 is 31.4. The molecule has 1 aromatic rings. The molecule has 7 nitrogen and oxygen atoms in total. The second-order valence-electron chi connectivity index (χ2n) is 6.32. The number of hydrogen-bond acceptors (Lipinski definition) is 5. The number of unbranched alkanes of at least 4 members (excludes halogenated alkanes) is 2. The van der Waals surface area contributed by atoms with Gasteiger partial charge >= 0.3 is 5.97 Å². The first-order valence-electron chi connectivity index (χ1n) is 9.10. The fourth-order valence-corrected chi connectivity index (χ4v) is 4.58. The summed E-state index contributed by atoms with van der Waals surface area (Å²) in [7, 11) is -2.05. The number of methoxy groups -OCH3 is 1. The molecule has 27 heavy (non-hydrogen) atoms. The molecule has 0 aromatic heterocycles. The van der Waals surface area contributed by atoms with Crippen LogP contribution in [0.1, 0.15) is 25.7 Å². The van der Waals surface area contributed by atoms with Crippen LogP contribution in [0.25, 0.3) is 0 Å². The van der Waals surface area contributed by atoms with E-state index < -0.39 is 10.0 Å². The third-order valence-electron chi connectivity index (χ3n) is 4.47. The summed E-state index contributed by atoms with van der Waals surface area (Å²) in [6.07, 6.45) is 3.09. The van der Waals surface area contributed by atoms with E-state index in [1.54, 1.807) is 30.3 Å². The maximum atomic E-state index is 12.6. The molecule has 0 amide bonds. The lowest BCUT2D eigenvalue weighted by Crippen LogP contribution is -2.53. The second-order valence-corrected chi connectivity index (χ2v) is 8.65. The fraction of sp³-hybridized carbons (Fsp3) is 0.556. The van der Waals surface area contributed by atoms with Gasteiger partial charge in [-0.1, -0.05) is 24.6 Å². The molecule has 0 atom stereocenters. The maximum absolute atomic E-state index is 12.6. The molecule has 1 fully saturated rings. The maximum Gasteiger partial charge on any atom is 0.305 e. The number of esters is 1. The molecule has 0 spiro atoms. The predicted molar refractivity (Wildman–Crippen MR) is 108 cm³/mol. The summed E-state index contributed by atoms with van der Waals surface area (Å²) in [5.74, 6) is -0.179. The number of carbonyl (C=O) groups is 1. The summed E-state index contributed by atoms with van der Waals surface area (Å²) in [4.78, 5) is 13.4. The van der Waals surface area contributed by atoms with Gasteiger partial charge in [-0.3, -0.25) is 4.79 Å². The summed E-state index contributed by atoms with van der Waals surface area (Å²) in [5, 5.41) is 3.87. The summed E-state index contributed by atoms with van der Waals surface area (Å²) in [6.45, 7) is 2.71. The van der Waals surface area contributed by atoms with E-state index in [2.05, 4.69) is 10.1 Å². The van der Waals surface area contributed by atoms with Crippen LogP contribution >= 0.6 is 12.2 Å². The van der Waals surface area contributed by atoms with Gasteiger partial charge in [0.15, 0.2) is 5.11 Å². The molecule has 0 aliphatic carbocycles. The van der Waals surface area contributed by atoms with Crippen molar-refractivity contribution in [2.75, 3.05) is 39.8 Å². The molecule has 2 rings (SSSR count). The van der Waals surface area contributed by atoms with Crippen molar-refractivity contribution in [3.05, 3.63) is 30.3 Å². The van der Waals surface area contributed by atoms with Crippen LogP contribution in [-0.4, -0.2) is 68.5 Å². The minimum atomic E-state index is -3.44. The van der Waals surface area contributed by atoms with Crippen LogP contribution in [0.3, 0.4) is 0 Å². The van der Waals surface area contributed by atoms with Gasteiger partial charge in [0, 0.05) is 39.1 Å². The van der Waals surface area contributed by atoms with Crippen molar-refractivity contribution >= 4 is 33.3 Å². The zero-order valence-corrected chi connectivity index (χ0v) is 17.2. The Bertz CT molecular complexity index is 717. The van der Waals surface area contributed by atoms with Gasteiger partial charge in [-0.05, 0) is 37.2 Å². The largest absolute Gasteiger partial charge is 0.469 e. The highest BCUT2D eigenvalue weighted by atomic mass is 32.2. The van der Waals surface area contributed by atoms with Crippen molar-refractivity contribution in [1.29, 1.82) is 0 Å². The quantitative estimate of drug-likeness (QED) is 0.394. The number of benzene rings is 1. The smallest absolute Gasteiger partial charge is 0.305 e. The highest BCUT2D eigenvalue weighted by molar-refractivity contribution is 7.89. The molecule has 0 bridgehead atoms. The molecule has 1 aliphatic rings. The monoisotopic (exact) mass is 413 g/mol. The Morgan fingerprint density at radius 1 is 1.11 bits per heavy atom. The number of thiocarbonyl (C=S) groups is 1. The van der Waals surface area contributed by atoms with Gasteiger partial charge < -0.3 is 15.0 Å². The van der Waals surface area contributed by atoms with Gasteiger partial charge in [0.2, 0.25) is 10.0 Å². The van der Waals surface area contributed by atoms with Crippen LogP contribution < -0.4 is 5.32 Å². The highest BCUT2D eigenvalue weighted by Crippen LogP contribution is 2.17. The average molecular weight is 414 g/mol. The first-order valence-corrected chi connectivity index (χ1v) is 10.9. The average Bonchev–Trinajstić information content (AvgIpc) is 2.70. The Balaban J connectivity index is 1.69. The fourth-order valence-electron chi connectivity index (χ4n) is 2.85. The summed E-state index contributed by atoms with van der Waals surface area (Å²) in [6, 6.07) is 8.50. The minimum absolute atomic E-state index is 0.179. The first-order chi connectivity index (χ1) is 12.9. The zero-order valence-electron chi connectivity index (χ0n) is 15.6. The van der Waals surface area contributed by atoms with E-state index in [-0.39, 0.29) is 5.97 Å². The van der Waals surface area contributed by atoms with E-state index in [9.17, 15) is 13.2 Å². The molecule has 1 aromatic carbocycles. The SMILES string of the molecule is COC(=O)CCCCCNC(=S)N1CCN(S(=O)(=O)c2ccccc2)CC1. The lowest BCUT2D eigenvalue weighted by atomic mass is 10.2. The molecular weight excluding hydrogens is 386 g/mol. The highest BCUT2D eigenvalue weighted by Gasteiger charge is 2.28. The normalized spacial score (nSPS) is 15.4. The van der Waals surface area contributed by atoms with Crippen molar-refractivity contribution in [3.63, 3.8) is 0 Å². The molecule has 0 unspecified atom stereocenters. The lowest BCUT2D eigenvalue weighted by Gasteiger charge is -2.35. The predicted octanol–water partition coefficient (Wildman–Crippen LogP) is 1.60. The van der Waals surface area contributed by atoms with Crippen LogP contribution in [0.15, 0.2) is 35.2 Å². The molecule has 1 N–H and O–H groups in total. The number of carbonyl (C=O) groups excluding carboxylic acids is 1. The third-order valence-corrected chi connectivity index (χ3v) is 6.78. The Hall–Kier alpha value is -1.71. The van der Waals surface area contributed by atoms with Crippen molar-refractivity contribution < 1.29 is 17.9 Å². The van der Waals surface area contributed by atoms with Gasteiger partial charge in [-0.15, -0.1) is 0 Å². The number of sulfonamides is 1. The van der Waals surface area contributed by atoms with E-state index in [0.717, 1.165) is 25.8 Å². The van der Waals surface area contributed by atoms with Crippen molar-refractivity contribution in [2.45, 2.75) is 30.6 Å². The molecule has 9 heteroatoms. The number of rotatable bonds is 8. The van der Waals surface area contributed by atoms with Crippen molar-refractivity contribution in [2.24, 2.45) is 0 Å². The van der Waals surface area contributed by atoms with Crippen LogP contribution in [0.5, 0.6) is 0 Å². The van der Waals surface area contributed by atoms with Crippen molar-refractivity contribution in [3.8, 4) is 0 Å². The third kappa shape index (κ3) is 6.44. The Labute approximate surface area is 166 Å². The first kappa shape index (κ1) is 21.6. The number of hydrogen-bond donors (Lipinski definition) is 1. The van der Waals surface area contributed by atoms with Gasteiger partial charge in [0.1, 0.15) is 0 Å². The molecule has 1 aliphatic heterocycles. The van der Waals surface area contributed by atoms with E-state index in [0.29, 0.717) is 42.6 Å². The lowest BCUT2D eigenvalue weighted by molar-refractivity contribution is -0.140. The van der Waals surface area contributed by atoms with E-state index in [1.165, 1.54) is 11.4 Å².